The molecule has 0 aliphatic heterocycles. The lowest BCUT2D eigenvalue weighted by atomic mass is 10.3. The van der Waals surface area contributed by atoms with Crippen LogP contribution in [0, 0.1) is 11.3 Å². The van der Waals surface area contributed by atoms with Crippen molar-refractivity contribution in [1.82, 2.24) is 4.90 Å². The molecular weight excluding hydrogens is 230 g/mol. The number of hydrogen-bond donors (Lipinski definition) is 1. The van der Waals surface area contributed by atoms with Gasteiger partial charge >= 0.3 is 0 Å². The minimum absolute atomic E-state index is 0.646. The summed E-state index contributed by atoms with van der Waals surface area (Å²) in [6.45, 7) is 0. The molecule has 0 amide bonds. The van der Waals surface area contributed by atoms with Crippen LogP contribution in [0.4, 0.5) is 5.69 Å². The molecule has 0 unspecified atom stereocenters. The van der Waals surface area contributed by atoms with Crippen LogP contribution in [-0.2, 0) is 0 Å². The Morgan fingerprint density at radius 1 is 1.35 bits per heavy atom. The number of nitrogen functional groups attached to an aromatic ring is 1. The maximum atomic E-state index is 9.00. The molecule has 88 valence electrons. The molecule has 17 heavy (non-hydrogen) atoms. The minimum Gasteiger partial charge on any atom is -0.399 e. The van der Waals surface area contributed by atoms with E-state index in [0.29, 0.717) is 4.91 Å². The molecule has 4 heteroatoms. The highest BCUT2D eigenvalue weighted by molar-refractivity contribution is 8.03. The van der Waals surface area contributed by atoms with Crippen molar-refractivity contribution in [3.05, 3.63) is 47.5 Å². The van der Waals surface area contributed by atoms with Crippen molar-refractivity contribution in [2.75, 3.05) is 19.8 Å². The average Bonchev–Trinajstić information content (AvgIpc) is 2.30. The fourth-order valence-corrected chi connectivity index (χ4v) is 1.78. The smallest absolute Gasteiger partial charge is 0.106 e. The molecule has 0 fully saturated rings. The summed E-state index contributed by atoms with van der Waals surface area (Å²) in [6, 6.07) is 9.62. The number of allylic oxidation sites excluding steroid dienone is 3. The van der Waals surface area contributed by atoms with Crippen LogP contribution in [0.1, 0.15) is 0 Å². The van der Waals surface area contributed by atoms with E-state index in [2.05, 4.69) is 6.07 Å². The fraction of sp³-hybridized carbons (Fsp3) is 0.154. The first-order valence-corrected chi connectivity index (χ1v) is 5.92. The maximum absolute atomic E-state index is 9.00. The van der Waals surface area contributed by atoms with Crippen molar-refractivity contribution in [3.8, 4) is 6.07 Å². The predicted octanol–water partition coefficient (Wildman–Crippen LogP) is 2.84. The lowest BCUT2D eigenvalue weighted by molar-refractivity contribution is 0.564. The molecule has 1 aromatic carbocycles. The fourth-order valence-electron chi connectivity index (χ4n) is 1.06. The summed E-state index contributed by atoms with van der Waals surface area (Å²) in [6.07, 6.45) is 5.53. The molecular formula is C13H15N3S. The zero-order chi connectivity index (χ0) is 12.7. The van der Waals surface area contributed by atoms with Crippen LogP contribution in [0.5, 0.6) is 0 Å². The second-order valence-corrected chi connectivity index (χ2v) is 4.73. The molecule has 0 aliphatic carbocycles. The van der Waals surface area contributed by atoms with Crippen molar-refractivity contribution < 1.29 is 0 Å². The summed E-state index contributed by atoms with van der Waals surface area (Å²) in [5.41, 5.74) is 6.32. The summed E-state index contributed by atoms with van der Waals surface area (Å²) < 4.78 is 0. The monoisotopic (exact) mass is 245 g/mol. The third-order valence-electron chi connectivity index (χ3n) is 1.85. The van der Waals surface area contributed by atoms with Crippen molar-refractivity contribution in [2.45, 2.75) is 4.90 Å². The van der Waals surface area contributed by atoms with E-state index in [1.54, 1.807) is 6.08 Å². The minimum atomic E-state index is 0.646. The molecule has 1 aromatic rings. The number of nitriles is 1. The Morgan fingerprint density at radius 2 is 2.00 bits per heavy atom. The number of thioether (sulfide) groups is 1. The van der Waals surface area contributed by atoms with Crippen molar-refractivity contribution in [1.29, 1.82) is 5.26 Å². The Labute approximate surface area is 106 Å². The molecule has 0 saturated carbocycles. The van der Waals surface area contributed by atoms with E-state index in [1.807, 2.05) is 55.5 Å². The molecule has 0 radical (unpaired) electrons. The molecule has 3 nitrogen and oxygen atoms in total. The van der Waals surface area contributed by atoms with Gasteiger partial charge in [0.1, 0.15) is 6.07 Å². The Morgan fingerprint density at radius 3 is 2.53 bits per heavy atom. The summed E-state index contributed by atoms with van der Waals surface area (Å²) in [5, 5.41) is 9.00. The SMILES string of the molecule is CN(C)/C=C/C=C(/C#N)Sc1ccc(N)cc1. The van der Waals surface area contributed by atoms with Gasteiger partial charge in [-0.1, -0.05) is 11.8 Å². The first-order chi connectivity index (χ1) is 8.11. The normalized spacial score (nSPS) is 11.5. The van der Waals surface area contributed by atoms with Crippen LogP contribution in [0.15, 0.2) is 52.4 Å². The van der Waals surface area contributed by atoms with Gasteiger partial charge in [-0.05, 0) is 42.6 Å². The van der Waals surface area contributed by atoms with Gasteiger partial charge in [0.25, 0.3) is 0 Å². The molecule has 0 atom stereocenters. The zero-order valence-electron chi connectivity index (χ0n) is 9.92. The predicted molar refractivity (Wildman–Crippen MR) is 73.2 cm³/mol. The van der Waals surface area contributed by atoms with Crippen LogP contribution >= 0.6 is 11.8 Å². The summed E-state index contributed by atoms with van der Waals surface area (Å²) in [7, 11) is 3.87. The molecule has 0 bridgehead atoms. The van der Waals surface area contributed by atoms with Gasteiger partial charge in [0.05, 0.1) is 4.91 Å². The van der Waals surface area contributed by atoms with Gasteiger partial charge in [-0.2, -0.15) is 5.26 Å². The van der Waals surface area contributed by atoms with E-state index < -0.39 is 0 Å². The van der Waals surface area contributed by atoms with Gasteiger partial charge in [-0.15, -0.1) is 0 Å². The standard InChI is InChI=1S/C13H15N3S/c1-16(2)9-3-4-13(10-14)17-12-7-5-11(15)6-8-12/h3-9H,15H2,1-2H3/b9-3+,13-4-. The van der Waals surface area contributed by atoms with Gasteiger partial charge in [0.15, 0.2) is 0 Å². The molecule has 0 saturated heterocycles. The molecule has 0 heterocycles. The lowest BCUT2D eigenvalue weighted by Gasteiger charge is -2.02. The van der Waals surface area contributed by atoms with E-state index in [-0.39, 0.29) is 0 Å². The number of nitrogens with two attached hydrogens (primary N) is 1. The maximum Gasteiger partial charge on any atom is 0.106 e. The third kappa shape index (κ3) is 5.14. The quantitative estimate of drug-likeness (QED) is 0.383. The molecule has 0 aliphatic rings. The number of benzene rings is 1. The third-order valence-corrected chi connectivity index (χ3v) is 2.81. The zero-order valence-corrected chi connectivity index (χ0v) is 10.7. The average molecular weight is 245 g/mol. The highest BCUT2D eigenvalue weighted by Crippen LogP contribution is 2.26. The Bertz CT molecular complexity index is 453. The van der Waals surface area contributed by atoms with Gasteiger partial charge < -0.3 is 10.6 Å². The second kappa shape index (κ2) is 6.66. The van der Waals surface area contributed by atoms with E-state index in [9.17, 15) is 0 Å². The number of nitrogens with zero attached hydrogens (tertiary/aromatic N) is 2. The largest absolute Gasteiger partial charge is 0.399 e. The molecule has 0 spiro atoms. The molecule has 1 rings (SSSR count). The summed E-state index contributed by atoms with van der Waals surface area (Å²) >= 11 is 1.42. The van der Waals surface area contributed by atoms with Gasteiger partial charge in [-0.3, -0.25) is 0 Å². The summed E-state index contributed by atoms with van der Waals surface area (Å²) in [5.74, 6) is 0. The van der Waals surface area contributed by atoms with Crippen molar-refractivity contribution in [3.63, 3.8) is 0 Å². The van der Waals surface area contributed by atoms with Crippen molar-refractivity contribution in [2.24, 2.45) is 0 Å². The van der Waals surface area contributed by atoms with E-state index in [1.165, 1.54) is 11.8 Å². The van der Waals surface area contributed by atoms with E-state index in [0.717, 1.165) is 10.6 Å². The number of rotatable bonds is 4. The Balaban J connectivity index is 2.71. The molecule has 0 aromatic heterocycles. The van der Waals surface area contributed by atoms with Gasteiger partial charge in [0, 0.05) is 24.7 Å². The Hall–Kier alpha value is -1.86. The van der Waals surface area contributed by atoms with Gasteiger partial charge in [0.2, 0.25) is 0 Å². The van der Waals surface area contributed by atoms with Crippen LogP contribution in [0.25, 0.3) is 0 Å². The Kier molecular flexibility index (Phi) is 5.18. The lowest BCUT2D eigenvalue weighted by Crippen LogP contribution is -1.99. The van der Waals surface area contributed by atoms with Crippen LogP contribution < -0.4 is 5.73 Å². The van der Waals surface area contributed by atoms with Gasteiger partial charge in [-0.25, -0.2) is 0 Å². The van der Waals surface area contributed by atoms with E-state index >= 15 is 0 Å². The van der Waals surface area contributed by atoms with E-state index in [4.69, 9.17) is 11.0 Å². The first-order valence-electron chi connectivity index (χ1n) is 5.10. The van der Waals surface area contributed by atoms with Crippen molar-refractivity contribution >= 4 is 17.4 Å². The summed E-state index contributed by atoms with van der Waals surface area (Å²) in [4.78, 5) is 3.57. The van der Waals surface area contributed by atoms with Crippen LogP contribution in [-0.4, -0.2) is 19.0 Å². The second-order valence-electron chi connectivity index (χ2n) is 3.62. The topological polar surface area (TPSA) is 53.0 Å². The highest BCUT2D eigenvalue weighted by atomic mass is 32.2. The number of anilines is 1. The first kappa shape index (κ1) is 13.2. The number of hydrogen-bond acceptors (Lipinski definition) is 4. The highest BCUT2D eigenvalue weighted by Gasteiger charge is 1.98. The van der Waals surface area contributed by atoms with Crippen LogP contribution in [0.2, 0.25) is 0 Å². The van der Waals surface area contributed by atoms with Crippen LogP contribution in [0.3, 0.4) is 0 Å². The molecule has 2 N–H and O–H groups in total.